The van der Waals surface area contributed by atoms with Crippen LogP contribution in [0.15, 0.2) is 18.2 Å². The predicted molar refractivity (Wildman–Crippen MR) is 57.1 cm³/mol. The van der Waals surface area contributed by atoms with Gasteiger partial charge in [0.1, 0.15) is 12.0 Å². The number of hydrogen-bond donors (Lipinski definition) is 1. The van der Waals surface area contributed by atoms with E-state index in [9.17, 15) is 9.59 Å². The maximum Gasteiger partial charge on any atom is 0.311 e. The van der Waals surface area contributed by atoms with E-state index in [0.29, 0.717) is 17.1 Å². The molecular formula is C12H10O6. The number of hydrogen-bond acceptors (Lipinski definition) is 5. The van der Waals surface area contributed by atoms with E-state index in [1.165, 1.54) is 0 Å². The average Bonchev–Trinajstić information content (AvgIpc) is 2.93. The molecule has 2 heterocycles. The van der Waals surface area contributed by atoms with Crippen LogP contribution in [0.3, 0.4) is 0 Å². The Morgan fingerprint density at radius 2 is 2.06 bits per heavy atom. The number of cyclic esters (lactones) is 1. The lowest BCUT2D eigenvalue weighted by atomic mass is 9.95. The molecule has 1 aromatic carbocycles. The lowest BCUT2D eigenvalue weighted by Gasteiger charge is -2.14. The van der Waals surface area contributed by atoms with Crippen molar-refractivity contribution in [1.29, 1.82) is 0 Å². The molecule has 0 aromatic heterocycles. The van der Waals surface area contributed by atoms with Gasteiger partial charge in [0.05, 0.1) is 6.42 Å². The van der Waals surface area contributed by atoms with Crippen molar-refractivity contribution >= 4 is 11.9 Å². The number of benzene rings is 1. The van der Waals surface area contributed by atoms with Crippen LogP contribution in [0.25, 0.3) is 0 Å². The van der Waals surface area contributed by atoms with Crippen LogP contribution in [-0.2, 0) is 14.3 Å². The lowest BCUT2D eigenvalue weighted by Crippen LogP contribution is -2.17. The van der Waals surface area contributed by atoms with E-state index in [0.717, 1.165) is 0 Å². The molecule has 2 aliphatic heterocycles. The van der Waals surface area contributed by atoms with Crippen LogP contribution in [0.5, 0.6) is 11.5 Å². The van der Waals surface area contributed by atoms with Crippen LogP contribution in [0.4, 0.5) is 0 Å². The first-order valence-electron chi connectivity index (χ1n) is 5.47. The van der Waals surface area contributed by atoms with Gasteiger partial charge < -0.3 is 19.3 Å². The molecule has 0 radical (unpaired) electrons. The summed E-state index contributed by atoms with van der Waals surface area (Å²) in [5, 5.41) is 9.07. The fourth-order valence-corrected chi connectivity index (χ4v) is 2.17. The molecular weight excluding hydrogens is 240 g/mol. The first kappa shape index (κ1) is 10.9. The van der Waals surface area contributed by atoms with Crippen molar-refractivity contribution in [3.8, 4) is 11.5 Å². The highest BCUT2D eigenvalue weighted by Crippen LogP contribution is 2.40. The van der Waals surface area contributed by atoms with Crippen LogP contribution in [0, 0.1) is 5.92 Å². The van der Waals surface area contributed by atoms with E-state index < -0.39 is 24.0 Å². The van der Waals surface area contributed by atoms with Gasteiger partial charge in [-0.3, -0.25) is 9.59 Å². The molecule has 1 aromatic rings. The third-order valence-corrected chi connectivity index (χ3v) is 3.05. The molecule has 0 spiro atoms. The molecule has 6 heteroatoms. The van der Waals surface area contributed by atoms with Crippen molar-refractivity contribution in [3.63, 3.8) is 0 Å². The molecule has 1 fully saturated rings. The van der Waals surface area contributed by atoms with Crippen LogP contribution in [0.2, 0.25) is 0 Å². The van der Waals surface area contributed by atoms with E-state index in [1.54, 1.807) is 18.2 Å². The van der Waals surface area contributed by atoms with Gasteiger partial charge >= 0.3 is 11.9 Å². The Labute approximate surface area is 102 Å². The third kappa shape index (κ3) is 1.66. The number of fused-ring (bicyclic) bond motifs is 1. The second kappa shape index (κ2) is 3.90. The van der Waals surface area contributed by atoms with Gasteiger partial charge in [-0.2, -0.15) is 0 Å². The molecule has 94 valence electrons. The zero-order valence-corrected chi connectivity index (χ0v) is 9.29. The van der Waals surface area contributed by atoms with Crippen molar-refractivity contribution in [2.24, 2.45) is 5.92 Å². The second-order valence-electron chi connectivity index (χ2n) is 4.17. The monoisotopic (exact) mass is 250 g/mol. The van der Waals surface area contributed by atoms with Crippen molar-refractivity contribution in [2.75, 3.05) is 6.79 Å². The van der Waals surface area contributed by atoms with Crippen molar-refractivity contribution in [3.05, 3.63) is 23.8 Å². The highest BCUT2D eigenvalue weighted by molar-refractivity contribution is 5.82. The number of carbonyl (C=O) groups excluding carboxylic acids is 1. The van der Waals surface area contributed by atoms with E-state index in [2.05, 4.69) is 0 Å². The summed E-state index contributed by atoms with van der Waals surface area (Å²) in [6.45, 7) is 0.144. The van der Waals surface area contributed by atoms with Crippen LogP contribution in [-0.4, -0.2) is 23.8 Å². The Bertz CT molecular complexity index is 523. The molecule has 2 atom stereocenters. The van der Waals surface area contributed by atoms with Crippen LogP contribution < -0.4 is 9.47 Å². The molecule has 1 saturated heterocycles. The van der Waals surface area contributed by atoms with Gasteiger partial charge in [0, 0.05) is 0 Å². The summed E-state index contributed by atoms with van der Waals surface area (Å²) in [6, 6.07) is 5.02. The van der Waals surface area contributed by atoms with E-state index in [4.69, 9.17) is 19.3 Å². The van der Waals surface area contributed by atoms with E-state index in [-0.39, 0.29) is 13.2 Å². The number of carboxylic acid groups (broad SMARTS) is 1. The average molecular weight is 250 g/mol. The summed E-state index contributed by atoms with van der Waals surface area (Å²) in [4.78, 5) is 22.3. The first-order chi connectivity index (χ1) is 8.65. The SMILES string of the molecule is O=C1C[C@H](C(=O)O)[C@H](c2ccc3c(c2)OCO3)O1. The van der Waals surface area contributed by atoms with Gasteiger partial charge in [-0.05, 0) is 17.7 Å². The van der Waals surface area contributed by atoms with Crippen molar-refractivity contribution < 1.29 is 28.9 Å². The number of carbonyl (C=O) groups is 2. The van der Waals surface area contributed by atoms with Gasteiger partial charge in [0.15, 0.2) is 11.5 Å². The summed E-state index contributed by atoms with van der Waals surface area (Å²) in [5.74, 6) is -1.24. The number of ether oxygens (including phenoxy) is 3. The van der Waals surface area contributed by atoms with Crippen molar-refractivity contribution in [2.45, 2.75) is 12.5 Å². The number of aliphatic carboxylic acids is 1. The molecule has 1 N–H and O–H groups in total. The number of carboxylic acids is 1. The largest absolute Gasteiger partial charge is 0.481 e. The molecule has 18 heavy (non-hydrogen) atoms. The first-order valence-corrected chi connectivity index (χ1v) is 5.47. The molecule has 6 nitrogen and oxygen atoms in total. The van der Waals surface area contributed by atoms with E-state index >= 15 is 0 Å². The minimum absolute atomic E-state index is 0.103. The predicted octanol–water partition coefficient (Wildman–Crippen LogP) is 1.10. The number of esters is 1. The Kier molecular flexibility index (Phi) is 2.36. The maximum atomic E-state index is 11.2. The van der Waals surface area contributed by atoms with Crippen LogP contribution >= 0.6 is 0 Å². The van der Waals surface area contributed by atoms with Gasteiger partial charge in [0.25, 0.3) is 0 Å². The zero-order valence-electron chi connectivity index (χ0n) is 9.29. The molecule has 0 saturated carbocycles. The summed E-state index contributed by atoms with van der Waals surface area (Å²) in [6.07, 6.45) is -0.862. The third-order valence-electron chi connectivity index (χ3n) is 3.05. The molecule has 2 aliphatic rings. The Morgan fingerprint density at radius 3 is 2.83 bits per heavy atom. The van der Waals surface area contributed by atoms with Gasteiger partial charge in [0.2, 0.25) is 6.79 Å². The topological polar surface area (TPSA) is 82.1 Å². The smallest absolute Gasteiger partial charge is 0.311 e. The van der Waals surface area contributed by atoms with Gasteiger partial charge in [-0.15, -0.1) is 0 Å². The maximum absolute atomic E-state index is 11.2. The van der Waals surface area contributed by atoms with Gasteiger partial charge in [-0.1, -0.05) is 6.07 Å². The highest BCUT2D eigenvalue weighted by atomic mass is 16.7. The normalized spacial score (nSPS) is 25.0. The fraction of sp³-hybridized carbons (Fsp3) is 0.333. The summed E-state index contributed by atoms with van der Waals surface area (Å²) in [7, 11) is 0. The molecule has 0 amide bonds. The Balaban J connectivity index is 1.94. The number of rotatable bonds is 2. The van der Waals surface area contributed by atoms with Crippen molar-refractivity contribution in [1.82, 2.24) is 0 Å². The quantitative estimate of drug-likeness (QED) is 0.791. The molecule has 0 aliphatic carbocycles. The minimum Gasteiger partial charge on any atom is -0.481 e. The minimum atomic E-state index is -1.04. The summed E-state index contributed by atoms with van der Waals surface area (Å²) in [5.41, 5.74) is 0.609. The Hall–Kier alpha value is -2.24. The van der Waals surface area contributed by atoms with Crippen LogP contribution in [0.1, 0.15) is 18.1 Å². The molecule has 3 rings (SSSR count). The van der Waals surface area contributed by atoms with Gasteiger partial charge in [-0.25, -0.2) is 0 Å². The summed E-state index contributed by atoms with van der Waals surface area (Å²) < 4.78 is 15.4. The zero-order chi connectivity index (χ0) is 12.7. The highest BCUT2D eigenvalue weighted by Gasteiger charge is 2.41. The fourth-order valence-electron chi connectivity index (χ4n) is 2.17. The van der Waals surface area contributed by atoms with E-state index in [1.807, 2.05) is 0 Å². The molecule has 0 unspecified atom stereocenters. The molecule has 0 bridgehead atoms. The standard InChI is InChI=1S/C12H10O6/c13-10-4-7(12(14)15)11(18-10)6-1-2-8-9(3-6)17-5-16-8/h1-3,7,11H,4-5H2,(H,14,15)/t7-,11-/m0/s1. The second-order valence-corrected chi connectivity index (χ2v) is 4.17. The Morgan fingerprint density at radius 1 is 1.28 bits per heavy atom. The summed E-state index contributed by atoms with van der Waals surface area (Å²) >= 11 is 0. The lowest BCUT2D eigenvalue weighted by molar-refractivity contribution is -0.144.